The van der Waals surface area contributed by atoms with Gasteiger partial charge >= 0.3 is 6.03 Å². The third-order valence-corrected chi connectivity index (χ3v) is 4.92. The van der Waals surface area contributed by atoms with Crippen molar-refractivity contribution in [3.05, 3.63) is 65.2 Å². The molecule has 28 heavy (non-hydrogen) atoms. The zero-order valence-electron chi connectivity index (χ0n) is 16.4. The van der Waals surface area contributed by atoms with Crippen LogP contribution in [0.5, 0.6) is 0 Å². The number of urea groups is 1. The molecule has 1 atom stereocenters. The number of amides is 3. The van der Waals surface area contributed by atoms with E-state index in [2.05, 4.69) is 29.7 Å². The summed E-state index contributed by atoms with van der Waals surface area (Å²) in [5, 5.41) is 5.75. The highest BCUT2D eigenvalue weighted by Gasteiger charge is 2.18. The van der Waals surface area contributed by atoms with Crippen molar-refractivity contribution in [2.24, 2.45) is 0 Å². The summed E-state index contributed by atoms with van der Waals surface area (Å²) < 4.78 is 5.28. The molecule has 2 N–H and O–H groups in total. The van der Waals surface area contributed by atoms with E-state index in [0.29, 0.717) is 37.6 Å². The monoisotopic (exact) mass is 381 g/mol. The molecule has 0 spiro atoms. The van der Waals surface area contributed by atoms with Gasteiger partial charge in [0.2, 0.25) is 0 Å². The minimum atomic E-state index is -0.278. The first-order valence-corrected chi connectivity index (χ1v) is 9.70. The first kappa shape index (κ1) is 19.9. The molecule has 0 radical (unpaired) electrons. The molecule has 1 fully saturated rings. The maximum Gasteiger partial charge on any atom is 0.319 e. The summed E-state index contributed by atoms with van der Waals surface area (Å²) in [6, 6.07) is 14.8. The number of rotatable bonds is 5. The highest BCUT2D eigenvalue weighted by atomic mass is 16.5. The van der Waals surface area contributed by atoms with Crippen molar-refractivity contribution in [2.75, 3.05) is 31.6 Å². The van der Waals surface area contributed by atoms with Gasteiger partial charge in [0.05, 0.1) is 19.3 Å². The fourth-order valence-electron chi connectivity index (χ4n) is 3.13. The Hall–Kier alpha value is -2.86. The van der Waals surface area contributed by atoms with Crippen LogP contribution in [0.15, 0.2) is 48.5 Å². The van der Waals surface area contributed by atoms with Crippen LogP contribution in [-0.4, -0.2) is 43.1 Å². The largest absolute Gasteiger partial charge is 0.378 e. The predicted molar refractivity (Wildman–Crippen MR) is 110 cm³/mol. The Balaban J connectivity index is 1.54. The molecule has 0 saturated carbocycles. The second kappa shape index (κ2) is 9.37. The molecule has 6 heteroatoms. The number of carbonyl (C=O) groups excluding carboxylic acids is 2. The van der Waals surface area contributed by atoms with Crippen LogP contribution in [0.25, 0.3) is 0 Å². The average molecular weight is 381 g/mol. The highest BCUT2D eigenvalue weighted by molar-refractivity contribution is 5.95. The van der Waals surface area contributed by atoms with Crippen LogP contribution in [0.4, 0.5) is 10.5 Å². The summed E-state index contributed by atoms with van der Waals surface area (Å²) in [7, 11) is 0. The van der Waals surface area contributed by atoms with Crippen molar-refractivity contribution < 1.29 is 14.3 Å². The molecule has 148 valence electrons. The van der Waals surface area contributed by atoms with E-state index in [4.69, 9.17) is 4.74 Å². The van der Waals surface area contributed by atoms with Crippen LogP contribution < -0.4 is 10.6 Å². The highest BCUT2D eigenvalue weighted by Crippen LogP contribution is 2.15. The standard InChI is InChI=1S/C22H27N3O3/c1-3-17-4-6-18(7-5-17)16(2)23-22(27)24-20-10-8-19(9-11-20)21(26)25-12-14-28-15-13-25/h4-11,16H,3,12-15H2,1-2H3,(H2,23,24,27). The molecule has 6 nitrogen and oxygen atoms in total. The normalized spacial score (nSPS) is 15.0. The third kappa shape index (κ3) is 5.10. The van der Waals surface area contributed by atoms with Gasteiger partial charge in [-0.05, 0) is 48.7 Å². The number of morpholine rings is 1. The summed E-state index contributed by atoms with van der Waals surface area (Å²) in [5.74, 6) is -0.0107. The molecule has 0 bridgehead atoms. The van der Waals surface area contributed by atoms with Gasteiger partial charge in [0, 0.05) is 24.3 Å². The number of hydrogen-bond donors (Lipinski definition) is 2. The SMILES string of the molecule is CCc1ccc(C(C)NC(=O)Nc2ccc(C(=O)N3CCOCC3)cc2)cc1. The molecule has 3 rings (SSSR count). The van der Waals surface area contributed by atoms with E-state index in [1.165, 1.54) is 5.56 Å². The van der Waals surface area contributed by atoms with Crippen LogP contribution in [0, 0.1) is 0 Å². The maximum absolute atomic E-state index is 12.5. The van der Waals surface area contributed by atoms with E-state index in [0.717, 1.165) is 12.0 Å². The van der Waals surface area contributed by atoms with E-state index >= 15 is 0 Å². The number of ether oxygens (including phenoxy) is 1. The first-order valence-electron chi connectivity index (χ1n) is 9.70. The van der Waals surface area contributed by atoms with Gasteiger partial charge in [-0.2, -0.15) is 0 Å². The number of carbonyl (C=O) groups is 2. The number of benzene rings is 2. The van der Waals surface area contributed by atoms with Gasteiger partial charge in [0.15, 0.2) is 0 Å². The molecule has 3 amide bonds. The molecule has 0 aromatic heterocycles. The van der Waals surface area contributed by atoms with E-state index in [-0.39, 0.29) is 18.0 Å². The lowest BCUT2D eigenvalue weighted by Gasteiger charge is -2.26. The molecule has 2 aromatic carbocycles. The van der Waals surface area contributed by atoms with Crippen molar-refractivity contribution >= 4 is 17.6 Å². The zero-order valence-corrected chi connectivity index (χ0v) is 16.4. The summed E-state index contributed by atoms with van der Waals surface area (Å²) in [4.78, 5) is 26.5. The van der Waals surface area contributed by atoms with Gasteiger partial charge in [-0.1, -0.05) is 31.2 Å². The third-order valence-electron chi connectivity index (χ3n) is 4.92. The summed E-state index contributed by atoms with van der Waals surface area (Å²) >= 11 is 0. The Morgan fingerprint density at radius 1 is 1.04 bits per heavy atom. The predicted octanol–water partition coefficient (Wildman–Crippen LogP) is 3.60. The van der Waals surface area contributed by atoms with Crippen molar-refractivity contribution in [2.45, 2.75) is 26.3 Å². The molecule has 1 heterocycles. The molecule has 1 saturated heterocycles. The number of nitrogens with one attached hydrogen (secondary N) is 2. The van der Waals surface area contributed by atoms with Crippen LogP contribution >= 0.6 is 0 Å². The first-order chi connectivity index (χ1) is 13.6. The molecule has 2 aromatic rings. The fourth-order valence-corrected chi connectivity index (χ4v) is 3.13. The quantitative estimate of drug-likeness (QED) is 0.831. The molecule has 1 unspecified atom stereocenters. The molecule has 1 aliphatic heterocycles. The smallest absolute Gasteiger partial charge is 0.319 e. The Bertz CT molecular complexity index is 797. The topological polar surface area (TPSA) is 70.7 Å². The Morgan fingerprint density at radius 3 is 2.29 bits per heavy atom. The minimum absolute atomic E-state index is 0.0107. The molecular formula is C22H27N3O3. The van der Waals surface area contributed by atoms with Crippen molar-refractivity contribution in [1.82, 2.24) is 10.2 Å². The molecule has 1 aliphatic rings. The zero-order chi connectivity index (χ0) is 19.9. The van der Waals surface area contributed by atoms with Crippen molar-refractivity contribution in [1.29, 1.82) is 0 Å². The lowest BCUT2D eigenvalue weighted by Crippen LogP contribution is -2.40. The van der Waals surface area contributed by atoms with E-state index in [1.54, 1.807) is 29.2 Å². The summed E-state index contributed by atoms with van der Waals surface area (Å²) in [6.07, 6.45) is 0.993. The van der Waals surface area contributed by atoms with Gasteiger partial charge < -0.3 is 20.3 Å². The average Bonchev–Trinajstić information content (AvgIpc) is 2.74. The van der Waals surface area contributed by atoms with Gasteiger partial charge in [-0.3, -0.25) is 4.79 Å². The maximum atomic E-state index is 12.5. The van der Waals surface area contributed by atoms with E-state index < -0.39 is 0 Å². The van der Waals surface area contributed by atoms with Gasteiger partial charge in [0.25, 0.3) is 5.91 Å². The number of hydrogen-bond acceptors (Lipinski definition) is 3. The molecule has 0 aliphatic carbocycles. The minimum Gasteiger partial charge on any atom is -0.378 e. The summed E-state index contributed by atoms with van der Waals surface area (Å²) in [6.45, 7) is 6.43. The van der Waals surface area contributed by atoms with Crippen LogP contribution in [0.2, 0.25) is 0 Å². The Kier molecular flexibility index (Phi) is 6.66. The number of aryl methyl sites for hydroxylation is 1. The van der Waals surface area contributed by atoms with Gasteiger partial charge in [-0.25, -0.2) is 4.79 Å². The number of nitrogens with zero attached hydrogens (tertiary/aromatic N) is 1. The van der Waals surface area contributed by atoms with Gasteiger partial charge in [0.1, 0.15) is 0 Å². The van der Waals surface area contributed by atoms with Gasteiger partial charge in [-0.15, -0.1) is 0 Å². The van der Waals surface area contributed by atoms with E-state index in [9.17, 15) is 9.59 Å². The number of anilines is 1. The van der Waals surface area contributed by atoms with Crippen LogP contribution in [0.3, 0.4) is 0 Å². The van der Waals surface area contributed by atoms with E-state index in [1.807, 2.05) is 19.1 Å². The van der Waals surface area contributed by atoms with Crippen molar-refractivity contribution in [3.63, 3.8) is 0 Å². The summed E-state index contributed by atoms with van der Waals surface area (Å²) in [5.41, 5.74) is 3.58. The fraction of sp³-hybridized carbons (Fsp3) is 0.364. The Labute approximate surface area is 165 Å². The Morgan fingerprint density at radius 2 is 1.68 bits per heavy atom. The van der Waals surface area contributed by atoms with Crippen LogP contribution in [0.1, 0.15) is 41.4 Å². The lowest BCUT2D eigenvalue weighted by molar-refractivity contribution is 0.0303. The van der Waals surface area contributed by atoms with Crippen molar-refractivity contribution in [3.8, 4) is 0 Å². The second-order valence-electron chi connectivity index (χ2n) is 6.90. The second-order valence-corrected chi connectivity index (χ2v) is 6.90. The lowest BCUT2D eigenvalue weighted by atomic mass is 10.1. The van der Waals surface area contributed by atoms with Crippen LogP contribution in [-0.2, 0) is 11.2 Å². The molecular weight excluding hydrogens is 354 g/mol.